The monoisotopic (exact) mass is 264 g/mol. The van der Waals surface area contributed by atoms with Gasteiger partial charge in [0.25, 0.3) is 0 Å². The summed E-state index contributed by atoms with van der Waals surface area (Å²) in [6.45, 7) is 4.87. The molecule has 0 amide bonds. The van der Waals surface area contributed by atoms with Crippen molar-refractivity contribution in [1.29, 1.82) is 5.26 Å². The van der Waals surface area contributed by atoms with E-state index in [9.17, 15) is 0 Å². The quantitative estimate of drug-likeness (QED) is 0.919. The van der Waals surface area contributed by atoms with Crippen LogP contribution in [0.3, 0.4) is 0 Å². The Morgan fingerprint density at radius 1 is 1.10 bits per heavy atom. The van der Waals surface area contributed by atoms with E-state index < -0.39 is 0 Å². The molecular formula is C18H20N2. The van der Waals surface area contributed by atoms with Crippen LogP contribution >= 0.6 is 0 Å². The first-order valence-corrected chi connectivity index (χ1v) is 6.90. The molecular weight excluding hydrogens is 244 g/mol. The summed E-state index contributed by atoms with van der Waals surface area (Å²) >= 11 is 0. The molecule has 2 heteroatoms. The Kier molecular flexibility index (Phi) is 4.55. The van der Waals surface area contributed by atoms with Crippen LogP contribution in [-0.2, 0) is 6.42 Å². The summed E-state index contributed by atoms with van der Waals surface area (Å²) < 4.78 is 0. The van der Waals surface area contributed by atoms with E-state index in [1.165, 1.54) is 22.3 Å². The van der Waals surface area contributed by atoms with E-state index in [1.807, 2.05) is 24.3 Å². The van der Waals surface area contributed by atoms with Gasteiger partial charge in [-0.2, -0.15) is 5.26 Å². The Labute approximate surface area is 120 Å². The summed E-state index contributed by atoms with van der Waals surface area (Å²) in [7, 11) is 0. The summed E-state index contributed by atoms with van der Waals surface area (Å²) in [6.07, 6.45) is 0.909. The van der Waals surface area contributed by atoms with Gasteiger partial charge >= 0.3 is 0 Å². The molecule has 102 valence electrons. The molecule has 0 saturated carbocycles. The SMILES string of the molecule is Cc1ccc(C)c(C(CN)Cc2ccc(C#N)cc2)c1. The molecule has 0 aliphatic heterocycles. The van der Waals surface area contributed by atoms with Crippen LogP contribution in [0.4, 0.5) is 0 Å². The summed E-state index contributed by atoms with van der Waals surface area (Å²) in [6, 6.07) is 16.4. The Morgan fingerprint density at radius 3 is 2.40 bits per heavy atom. The van der Waals surface area contributed by atoms with Gasteiger partial charge in [0.2, 0.25) is 0 Å². The number of hydrogen-bond donors (Lipinski definition) is 1. The van der Waals surface area contributed by atoms with E-state index in [1.54, 1.807) is 0 Å². The molecule has 1 atom stereocenters. The van der Waals surface area contributed by atoms with Crippen molar-refractivity contribution in [3.05, 3.63) is 70.3 Å². The van der Waals surface area contributed by atoms with E-state index in [-0.39, 0.29) is 0 Å². The topological polar surface area (TPSA) is 49.8 Å². The van der Waals surface area contributed by atoms with Gasteiger partial charge in [-0.15, -0.1) is 0 Å². The number of nitrogens with zero attached hydrogens (tertiary/aromatic N) is 1. The zero-order valence-electron chi connectivity index (χ0n) is 12.1. The zero-order valence-corrected chi connectivity index (χ0v) is 12.1. The second-order valence-corrected chi connectivity index (χ2v) is 5.31. The lowest BCUT2D eigenvalue weighted by Gasteiger charge is -2.18. The predicted molar refractivity (Wildman–Crippen MR) is 82.6 cm³/mol. The first-order chi connectivity index (χ1) is 9.63. The van der Waals surface area contributed by atoms with Crippen LogP contribution in [0.2, 0.25) is 0 Å². The summed E-state index contributed by atoms with van der Waals surface area (Å²) in [5.41, 5.74) is 11.8. The van der Waals surface area contributed by atoms with Crippen LogP contribution in [-0.4, -0.2) is 6.54 Å². The van der Waals surface area contributed by atoms with Gasteiger partial charge < -0.3 is 5.73 Å². The number of nitriles is 1. The van der Waals surface area contributed by atoms with Crippen molar-refractivity contribution in [3.8, 4) is 6.07 Å². The molecule has 2 nitrogen and oxygen atoms in total. The largest absolute Gasteiger partial charge is 0.330 e. The van der Waals surface area contributed by atoms with E-state index in [0.717, 1.165) is 6.42 Å². The maximum atomic E-state index is 8.83. The second-order valence-electron chi connectivity index (χ2n) is 5.31. The van der Waals surface area contributed by atoms with E-state index in [2.05, 4.69) is 38.1 Å². The highest BCUT2D eigenvalue weighted by molar-refractivity contribution is 5.36. The van der Waals surface area contributed by atoms with Crippen LogP contribution in [0, 0.1) is 25.2 Å². The molecule has 0 bridgehead atoms. The van der Waals surface area contributed by atoms with Crippen LogP contribution in [0.5, 0.6) is 0 Å². The van der Waals surface area contributed by atoms with Crippen molar-refractivity contribution in [2.45, 2.75) is 26.2 Å². The molecule has 20 heavy (non-hydrogen) atoms. The van der Waals surface area contributed by atoms with Crippen LogP contribution < -0.4 is 5.73 Å². The lowest BCUT2D eigenvalue weighted by Crippen LogP contribution is -2.16. The average molecular weight is 264 g/mol. The van der Waals surface area contributed by atoms with Gasteiger partial charge in [-0.1, -0.05) is 35.9 Å². The molecule has 2 rings (SSSR count). The summed E-state index contributed by atoms with van der Waals surface area (Å²) in [5, 5.41) is 8.83. The van der Waals surface area contributed by atoms with E-state index >= 15 is 0 Å². The lowest BCUT2D eigenvalue weighted by molar-refractivity contribution is 0.689. The molecule has 0 aliphatic carbocycles. The molecule has 2 N–H and O–H groups in total. The van der Waals surface area contributed by atoms with Gasteiger partial charge in [0.15, 0.2) is 0 Å². The molecule has 0 aromatic heterocycles. The van der Waals surface area contributed by atoms with Gasteiger partial charge in [0.1, 0.15) is 0 Å². The van der Waals surface area contributed by atoms with Gasteiger partial charge in [0, 0.05) is 5.92 Å². The second kappa shape index (κ2) is 6.36. The molecule has 0 radical (unpaired) electrons. The fourth-order valence-electron chi connectivity index (χ4n) is 2.52. The highest BCUT2D eigenvalue weighted by Crippen LogP contribution is 2.24. The molecule has 0 aliphatic rings. The number of hydrogen-bond acceptors (Lipinski definition) is 2. The van der Waals surface area contributed by atoms with Crippen molar-refractivity contribution in [3.63, 3.8) is 0 Å². The number of nitrogens with two attached hydrogens (primary N) is 1. The van der Waals surface area contributed by atoms with Crippen molar-refractivity contribution in [2.24, 2.45) is 5.73 Å². The van der Waals surface area contributed by atoms with Gasteiger partial charge in [0.05, 0.1) is 11.6 Å². The minimum Gasteiger partial charge on any atom is -0.330 e. The third-order valence-corrected chi connectivity index (χ3v) is 3.72. The highest BCUT2D eigenvalue weighted by Gasteiger charge is 2.13. The molecule has 0 saturated heterocycles. The summed E-state index contributed by atoms with van der Waals surface area (Å²) in [5.74, 6) is 0.322. The maximum Gasteiger partial charge on any atom is 0.0991 e. The van der Waals surface area contributed by atoms with Gasteiger partial charge in [-0.05, 0) is 55.6 Å². The van der Waals surface area contributed by atoms with E-state index in [4.69, 9.17) is 11.0 Å². The fraction of sp³-hybridized carbons (Fsp3) is 0.278. The molecule has 2 aromatic rings. The van der Waals surface area contributed by atoms with Crippen LogP contribution in [0.25, 0.3) is 0 Å². The predicted octanol–water partition coefficient (Wildman–Crippen LogP) is 3.46. The van der Waals surface area contributed by atoms with Gasteiger partial charge in [-0.25, -0.2) is 0 Å². The van der Waals surface area contributed by atoms with Gasteiger partial charge in [-0.3, -0.25) is 0 Å². The molecule has 2 aromatic carbocycles. The molecule has 0 spiro atoms. The molecule has 0 fully saturated rings. The minimum absolute atomic E-state index is 0.322. The smallest absolute Gasteiger partial charge is 0.0991 e. The first-order valence-electron chi connectivity index (χ1n) is 6.90. The normalized spacial score (nSPS) is 11.9. The van der Waals surface area contributed by atoms with Crippen molar-refractivity contribution < 1.29 is 0 Å². The molecule has 0 heterocycles. The van der Waals surface area contributed by atoms with Crippen molar-refractivity contribution in [2.75, 3.05) is 6.54 Å². The van der Waals surface area contributed by atoms with Crippen molar-refractivity contribution >= 4 is 0 Å². The van der Waals surface area contributed by atoms with E-state index in [0.29, 0.717) is 18.0 Å². The number of benzene rings is 2. The third-order valence-electron chi connectivity index (χ3n) is 3.72. The Balaban J connectivity index is 2.24. The van der Waals surface area contributed by atoms with Crippen LogP contribution in [0.15, 0.2) is 42.5 Å². The third kappa shape index (κ3) is 3.26. The summed E-state index contributed by atoms with van der Waals surface area (Å²) in [4.78, 5) is 0. The number of rotatable bonds is 4. The minimum atomic E-state index is 0.322. The number of aryl methyl sites for hydroxylation is 2. The highest BCUT2D eigenvalue weighted by atomic mass is 14.5. The average Bonchev–Trinajstić information content (AvgIpc) is 2.48. The Hall–Kier alpha value is -2.11. The van der Waals surface area contributed by atoms with Crippen LogP contribution in [0.1, 0.15) is 33.7 Å². The van der Waals surface area contributed by atoms with Crippen molar-refractivity contribution in [1.82, 2.24) is 0 Å². The molecule has 1 unspecified atom stereocenters. The Morgan fingerprint density at radius 2 is 1.80 bits per heavy atom. The fourth-order valence-corrected chi connectivity index (χ4v) is 2.52. The first kappa shape index (κ1) is 14.3. The maximum absolute atomic E-state index is 8.83. The standard InChI is InChI=1S/C18H20N2/c1-13-3-4-14(2)18(9-13)17(12-20)10-15-5-7-16(11-19)8-6-15/h3-9,17H,10,12,20H2,1-2H3. The Bertz CT molecular complexity index is 621. The lowest BCUT2D eigenvalue weighted by atomic mass is 9.88. The zero-order chi connectivity index (χ0) is 14.5.